The van der Waals surface area contributed by atoms with Crippen molar-refractivity contribution in [2.75, 3.05) is 6.54 Å². The molecule has 17 heavy (non-hydrogen) atoms. The molecule has 3 heteroatoms. The Bertz CT molecular complexity index is 474. The van der Waals surface area contributed by atoms with Gasteiger partial charge in [-0.3, -0.25) is 4.79 Å². The number of benzene rings is 1. The number of amides is 1. The van der Waals surface area contributed by atoms with E-state index in [0.717, 1.165) is 12.8 Å². The van der Waals surface area contributed by atoms with Gasteiger partial charge in [0, 0.05) is 12.1 Å². The van der Waals surface area contributed by atoms with E-state index in [0.29, 0.717) is 12.1 Å². The van der Waals surface area contributed by atoms with Gasteiger partial charge in [-0.25, -0.2) is 0 Å². The Kier molecular flexibility index (Phi) is 3.43. The van der Waals surface area contributed by atoms with Crippen molar-refractivity contribution in [1.82, 2.24) is 5.32 Å². The summed E-state index contributed by atoms with van der Waals surface area (Å²) in [5, 5.41) is 11.4. The maximum absolute atomic E-state index is 11.8. The molecular weight excluding hydrogens is 212 g/mol. The normalized spacial score (nSPS) is 14.8. The van der Waals surface area contributed by atoms with Gasteiger partial charge in [0.1, 0.15) is 0 Å². The van der Waals surface area contributed by atoms with Crippen LogP contribution in [0.3, 0.4) is 0 Å². The average Bonchev–Trinajstić information content (AvgIpc) is 2.82. The van der Waals surface area contributed by atoms with Gasteiger partial charge in [0.15, 0.2) is 0 Å². The monoisotopic (exact) mass is 228 g/mol. The fraction of sp³-hybridized carbons (Fsp3) is 0.429. The summed E-state index contributed by atoms with van der Waals surface area (Å²) in [6, 6.07) is 8.00. The summed E-state index contributed by atoms with van der Waals surface area (Å²) in [7, 11) is 0. The van der Waals surface area contributed by atoms with Crippen molar-refractivity contribution in [3.05, 3.63) is 34.9 Å². The molecule has 1 atom stereocenters. The van der Waals surface area contributed by atoms with Gasteiger partial charge < -0.3 is 5.32 Å². The molecule has 0 heterocycles. The summed E-state index contributed by atoms with van der Waals surface area (Å²) >= 11 is 0. The molecule has 0 saturated carbocycles. The van der Waals surface area contributed by atoms with Gasteiger partial charge in [0.2, 0.25) is 0 Å². The Morgan fingerprint density at radius 2 is 2.24 bits per heavy atom. The molecule has 3 nitrogen and oxygen atoms in total. The molecule has 1 aromatic rings. The second kappa shape index (κ2) is 5.01. The number of hydrogen-bond acceptors (Lipinski definition) is 2. The highest BCUT2D eigenvalue weighted by Crippen LogP contribution is 2.22. The Morgan fingerprint density at radius 1 is 1.47 bits per heavy atom. The summed E-state index contributed by atoms with van der Waals surface area (Å²) in [4.78, 5) is 11.8. The van der Waals surface area contributed by atoms with Crippen molar-refractivity contribution < 1.29 is 4.79 Å². The summed E-state index contributed by atoms with van der Waals surface area (Å²) in [6.07, 6.45) is 3.39. The lowest BCUT2D eigenvalue weighted by molar-refractivity contribution is 0.0950. The van der Waals surface area contributed by atoms with Crippen LogP contribution in [0, 0.1) is 17.2 Å². The maximum atomic E-state index is 11.8. The fourth-order valence-electron chi connectivity index (χ4n) is 2.11. The van der Waals surface area contributed by atoms with E-state index in [1.54, 1.807) is 6.92 Å². The minimum atomic E-state index is -0.145. The third kappa shape index (κ3) is 2.65. The largest absolute Gasteiger partial charge is 0.351 e. The predicted octanol–water partition coefficient (Wildman–Crippen LogP) is 2.06. The number of fused-ring (bicyclic) bond motifs is 1. The lowest BCUT2D eigenvalue weighted by atomic mass is 10.1. The number of nitrogens with zero attached hydrogens (tertiary/aromatic N) is 1. The average molecular weight is 228 g/mol. The van der Waals surface area contributed by atoms with Crippen LogP contribution in [0.5, 0.6) is 0 Å². The highest BCUT2D eigenvalue weighted by atomic mass is 16.1. The zero-order valence-electron chi connectivity index (χ0n) is 9.99. The summed E-state index contributed by atoms with van der Waals surface area (Å²) < 4.78 is 0. The van der Waals surface area contributed by atoms with Gasteiger partial charge in [-0.15, -0.1) is 0 Å². The number of rotatable bonds is 3. The van der Waals surface area contributed by atoms with E-state index < -0.39 is 0 Å². The topological polar surface area (TPSA) is 52.9 Å². The molecule has 0 aliphatic heterocycles. The van der Waals surface area contributed by atoms with E-state index in [4.69, 9.17) is 5.26 Å². The highest BCUT2D eigenvalue weighted by Gasteiger charge is 2.14. The SMILES string of the molecule is CC(C#N)CNC(=O)c1ccc2c(c1)CCC2. The van der Waals surface area contributed by atoms with E-state index in [-0.39, 0.29) is 11.8 Å². The third-order valence-electron chi connectivity index (χ3n) is 3.15. The minimum absolute atomic E-state index is 0.0817. The molecule has 0 radical (unpaired) electrons. The van der Waals surface area contributed by atoms with E-state index in [1.165, 1.54) is 17.5 Å². The van der Waals surface area contributed by atoms with Crippen LogP contribution in [0.15, 0.2) is 18.2 Å². The molecule has 0 fully saturated rings. The molecule has 1 aliphatic carbocycles. The standard InChI is InChI=1S/C14H16N2O/c1-10(8-15)9-16-14(17)13-6-5-11-3-2-4-12(11)7-13/h5-7,10H,2-4,9H2,1H3,(H,16,17). The first-order valence-corrected chi connectivity index (χ1v) is 6.00. The molecule has 0 saturated heterocycles. The molecule has 1 unspecified atom stereocenters. The number of aryl methyl sites for hydroxylation is 2. The van der Waals surface area contributed by atoms with E-state index in [2.05, 4.69) is 11.4 Å². The molecule has 1 N–H and O–H groups in total. The second-order valence-corrected chi connectivity index (χ2v) is 4.58. The Morgan fingerprint density at radius 3 is 3.00 bits per heavy atom. The zero-order valence-corrected chi connectivity index (χ0v) is 9.99. The first-order valence-electron chi connectivity index (χ1n) is 6.00. The minimum Gasteiger partial charge on any atom is -0.351 e. The lowest BCUT2D eigenvalue weighted by Crippen LogP contribution is -2.27. The fourth-order valence-corrected chi connectivity index (χ4v) is 2.11. The van der Waals surface area contributed by atoms with E-state index in [1.807, 2.05) is 18.2 Å². The molecule has 1 aromatic carbocycles. The zero-order chi connectivity index (χ0) is 12.3. The van der Waals surface area contributed by atoms with Crippen LogP contribution >= 0.6 is 0 Å². The van der Waals surface area contributed by atoms with Gasteiger partial charge in [0.25, 0.3) is 5.91 Å². The highest BCUT2D eigenvalue weighted by molar-refractivity contribution is 5.94. The number of nitriles is 1. The first kappa shape index (κ1) is 11.7. The van der Waals surface area contributed by atoms with Gasteiger partial charge in [-0.05, 0) is 49.4 Å². The van der Waals surface area contributed by atoms with Gasteiger partial charge in [0.05, 0.1) is 12.0 Å². The molecule has 88 valence electrons. The van der Waals surface area contributed by atoms with Crippen LogP contribution in [-0.2, 0) is 12.8 Å². The van der Waals surface area contributed by atoms with Gasteiger partial charge >= 0.3 is 0 Å². The van der Waals surface area contributed by atoms with Crippen LogP contribution in [0.1, 0.15) is 34.8 Å². The number of carbonyl (C=O) groups is 1. The van der Waals surface area contributed by atoms with Crippen LogP contribution in [0.4, 0.5) is 0 Å². The van der Waals surface area contributed by atoms with Crippen molar-refractivity contribution in [2.24, 2.45) is 5.92 Å². The van der Waals surface area contributed by atoms with Crippen molar-refractivity contribution >= 4 is 5.91 Å². The van der Waals surface area contributed by atoms with E-state index >= 15 is 0 Å². The number of nitrogens with one attached hydrogen (secondary N) is 1. The van der Waals surface area contributed by atoms with Gasteiger partial charge in [-0.1, -0.05) is 6.07 Å². The van der Waals surface area contributed by atoms with Crippen LogP contribution in [-0.4, -0.2) is 12.5 Å². The molecule has 2 rings (SSSR count). The summed E-state index contributed by atoms with van der Waals surface area (Å²) in [6.45, 7) is 2.20. The van der Waals surface area contributed by atoms with Crippen molar-refractivity contribution in [2.45, 2.75) is 26.2 Å². The molecule has 0 aromatic heterocycles. The third-order valence-corrected chi connectivity index (χ3v) is 3.15. The van der Waals surface area contributed by atoms with Crippen LogP contribution in [0.25, 0.3) is 0 Å². The smallest absolute Gasteiger partial charge is 0.251 e. The van der Waals surface area contributed by atoms with E-state index in [9.17, 15) is 4.79 Å². The van der Waals surface area contributed by atoms with Crippen molar-refractivity contribution in [3.63, 3.8) is 0 Å². The van der Waals surface area contributed by atoms with Crippen LogP contribution < -0.4 is 5.32 Å². The Balaban J connectivity index is 2.03. The molecule has 0 spiro atoms. The second-order valence-electron chi connectivity index (χ2n) is 4.58. The number of carbonyl (C=O) groups excluding carboxylic acids is 1. The molecular formula is C14H16N2O. The number of hydrogen-bond donors (Lipinski definition) is 1. The summed E-state index contributed by atoms with van der Waals surface area (Å²) in [5.41, 5.74) is 3.37. The van der Waals surface area contributed by atoms with Gasteiger partial charge in [-0.2, -0.15) is 5.26 Å². The maximum Gasteiger partial charge on any atom is 0.251 e. The quantitative estimate of drug-likeness (QED) is 0.861. The van der Waals surface area contributed by atoms with Crippen molar-refractivity contribution in [1.29, 1.82) is 5.26 Å². The Hall–Kier alpha value is -1.82. The van der Waals surface area contributed by atoms with Crippen LogP contribution in [0.2, 0.25) is 0 Å². The summed E-state index contributed by atoms with van der Waals surface area (Å²) in [5.74, 6) is -0.227. The molecule has 0 bridgehead atoms. The van der Waals surface area contributed by atoms with Crippen molar-refractivity contribution in [3.8, 4) is 6.07 Å². The predicted molar refractivity (Wildman–Crippen MR) is 65.6 cm³/mol. The molecule has 1 amide bonds. The lowest BCUT2D eigenvalue weighted by Gasteiger charge is -2.07. The first-order chi connectivity index (χ1) is 8.20. The Labute approximate surface area is 101 Å². The molecule has 1 aliphatic rings.